The van der Waals surface area contributed by atoms with Gasteiger partial charge in [-0.05, 0) is 6.42 Å². The summed E-state index contributed by atoms with van der Waals surface area (Å²) in [5.41, 5.74) is -0.285. The Labute approximate surface area is 109 Å². The summed E-state index contributed by atoms with van der Waals surface area (Å²) in [6, 6.07) is 0. The predicted octanol–water partition coefficient (Wildman–Crippen LogP) is -0.0282. The van der Waals surface area contributed by atoms with Crippen molar-refractivity contribution in [3.05, 3.63) is 16.3 Å². The zero-order valence-corrected chi connectivity index (χ0v) is 10.5. The van der Waals surface area contributed by atoms with Gasteiger partial charge in [0.05, 0.1) is 17.6 Å². The quantitative estimate of drug-likeness (QED) is 0.382. The molecule has 4 N–H and O–H groups in total. The highest BCUT2D eigenvalue weighted by Crippen LogP contribution is 2.21. The van der Waals surface area contributed by atoms with Crippen molar-refractivity contribution in [3.63, 3.8) is 0 Å². The molecule has 0 aliphatic carbocycles. The molecule has 0 radical (unpaired) electrons. The van der Waals surface area contributed by atoms with E-state index in [0.29, 0.717) is 6.54 Å². The fourth-order valence-corrected chi connectivity index (χ4v) is 1.24. The lowest BCUT2D eigenvalue weighted by Gasteiger charge is -2.10. The summed E-state index contributed by atoms with van der Waals surface area (Å²) < 4.78 is 0. The van der Waals surface area contributed by atoms with Gasteiger partial charge in [-0.3, -0.25) is 10.1 Å². The topological polar surface area (TPSA) is 133 Å². The number of anilines is 2. The first-order valence-corrected chi connectivity index (χ1v) is 5.86. The van der Waals surface area contributed by atoms with Crippen molar-refractivity contribution in [1.29, 1.82) is 0 Å². The highest BCUT2D eigenvalue weighted by Gasteiger charge is 2.17. The summed E-state index contributed by atoms with van der Waals surface area (Å²) in [6.07, 6.45) is 0.951. The molecule has 0 aliphatic heterocycles. The Kier molecular flexibility index (Phi) is 5.90. The van der Waals surface area contributed by atoms with Crippen molar-refractivity contribution in [2.75, 3.05) is 30.3 Å². The number of rotatable bonds is 8. The van der Waals surface area contributed by atoms with Crippen LogP contribution in [-0.4, -0.2) is 50.9 Å². The molecule has 9 heteroatoms. The molecule has 9 nitrogen and oxygen atoms in total. The van der Waals surface area contributed by atoms with Gasteiger partial charge < -0.3 is 20.8 Å². The standard InChI is InChI=1S/C10H17N5O4/c1-2-3-11-10-13-5-8(15(18)19)9(14-10)12-4-7(17)6-16/h5,7,16-17H,2-4,6H2,1H3,(H2,11,12,13,14). The molecular weight excluding hydrogens is 254 g/mol. The van der Waals surface area contributed by atoms with Gasteiger partial charge in [-0.25, -0.2) is 4.98 Å². The van der Waals surface area contributed by atoms with Gasteiger partial charge in [-0.1, -0.05) is 6.92 Å². The number of nitrogens with one attached hydrogen (secondary N) is 2. The third kappa shape index (κ3) is 4.64. The second kappa shape index (κ2) is 7.44. The van der Waals surface area contributed by atoms with Gasteiger partial charge in [0, 0.05) is 13.1 Å². The molecule has 0 aliphatic rings. The van der Waals surface area contributed by atoms with Crippen molar-refractivity contribution in [3.8, 4) is 0 Å². The molecular formula is C10H17N5O4. The normalized spacial score (nSPS) is 11.9. The van der Waals surface area contributed by atoms with Crippen molar-refractivity contribution >= 4 is 17.5 Å². The van der Waals surface area contributed by atoms with E-state index in [4.69, 9.17) is 5.11 Å². The largest absolute Gasteiger partial charge is 0.394 e. The van der Waals surface area contributed by atoms with Crippen LogP contribution < -0.4 is 10.6 Å². The van der Waals surface area contributed by atoms with E-state index in [1.807, 2.05) is 6.92 Å². The molecule has 1 aromatic rings. The average Bonchev–Trinajstić information content (AvgIpc) is 2.42. The van der Waals surface area contributed by atoms with Gasteiger partial charge in [-0.2, -0.15) is 4.98 Å². The average molecular weight is 271 g/mol. The highest BCUT2D eigenvalue weighted by molar-refractivity contribution is 5.56. The maximum atomic E-state index is 10.8. The Bertz CT molecular complexity index is 428. The lowest BCUT2D eigenvalue weighted by atomic mass is 10.3. The third-order valence-electron chi connectivity index (χ3n) is 2.22. The molecule has 1 aromatic heterocycles. The molecule has 0 saturated heterocycles. The van der Waals surface area contributed by atoms with Crippen LogP contribution in [0.3, 0.4) is 0 Å². The summed E-state index contributed by atoms with van der Waals surface area (Å²) in [5.74, 6) is 0.277. The van der Waals surface area contributed by atoms with Crippen LogP contribution >= 0.6 is 0 Å². The number of nitro groups is 1. The van der Waals surface area contributed by atoms with Crippen LogP contribution in [0.25, 0.3) is 0 Å². The van der Waals surface area contributed by atoms with Gasteiger partial charge in [0.2, 0.25) is 11.8 Å². The minimum atomic E-state index is -1.01. The molecule has 1 atom stereocenters. The van der Waals surface area contributed by atoms with E-state index in [0.717, 1.165) is 12.6 Å². The van der Waals surface area contributed by atoms with Crippen LogP contribution in [0.4, 0.5) is 17.5 Å². The maximum absolute atomic E-state index is 10.8. The minimum absolute atomic E-state index is 0.00565. The number of aliphatic hydroxyl groups excluding tert-OH is 2. The second-order valence-electron chi connectivity index (χ2n) is 3.83. The summed E-state index contributed by atoms with van der Waals surface area (Å²) in [4.78, 5) is 18.0. The van der Waals surface area contributed by atoms with E-state index in [1.165, 1.54) is 0 Å². The molecule has 0 spiro atoms. The number of nitrogens with zero attached hydrogens (tertiary/aromatic N) is 3. The van der Waals surface area contributed by atoms with Crippen LogP contribution in [-0.2, 0) is 0 Å². The van der Waals surface area contributed by atoms with Gasteiger partial charge >= 0.3 is 5.69 Å². The summed E-state index contributed by atoms with van der Waals surface area (Å²) in [7, 11) is 0. The van der Waals surface area contributed by atoms with Crippen LogP contribution in [0.1, 0.15) is 13.3 Å². The third-order valence-corrected chi connectivity index (χ3v) is 2.22. The van der Waals surface area contributed by atoms with Gasteiger partial charge in [-0.15, -0.1) is 0 Å². The van der Waals surface area contributed by atoms with Crippen molar-refractivity contribution in [2.45, 2.75) is 19.4 Å². The Balaban J connectivity index is 2.85. The maximum Gasteiger partial charge on any atom is 0.329 e. The molecule has 0 bridgehead atoms. The van der Waals surface area contributed by atoms with Crippen LogP contribution in [0.15, 0.2) is 6.20 Å². The van der Waals surface area contributed by atoms with Crippen LogP contribution in [0.5, 0.6) is 0 Å². The molecule has 0 amide bonds. The van der Waals surface area contributed by atoms with E-state index >= 15 is 0 Å². The van der Waals surface area contributed by atoms with E-state index in [9.17, 15) is 15.2 Å². The number of aromatic nitrogens is 2. The monoisotopic (exact) mass is 271 g/mol. The smallest absolute Gasteiger partial charge is 0.329 e. The van der Waals surface area contributed by atoms with Crippen LogP contribution in [0, 0.1) is 10.1 Å². The zero-order valence-electron chi connectivity index (χ0n) is 10.5. The summed E-state index contributed by atoms with van der Waals surface area (Å²) in [5, 5.41) is 34.3. The molecule has 1 heterocycles. The lowest BCUT2D eigenvalue weighted by Crippen LogP contribution is -2.24. The van der Waals surface area contributed by atoms with E-state index < -0.39 is 17.6 Å². The van der Waals surface area contributed by atoms with Crippen molar-refractivity contribution < 1.29 is 15.1 Å². The van der Waals surface area contributed by atoms with Crippen LogP contribution in [0.2, 0.25) is 0 Å². The molecule has 1 unspecified atom stereocenters. The SMILES string of the molecule is CCCNc1ncc([N+](=O)[O-])c(NCC(O)CO)n1. The predicted molar refractivity (Wildman–Crippen MR) is 69.0 cm³/mol. The zero-order chi connectivity index (χ0) is 14.3. The molecule has 19 heavy (non-hydrogen) atoms. The Hall–Kier alpha value is -2.00. The van der Waals surface area contributed by atoms with Crippen molar-refractivity contribution in [2.24, 2.45) is 0 Å². The first kappa shape index (κ1) is 15.1. The summed E-state index contributed by atoms with van der Waals surface area (Å²) in [6.45, 7) is 2.14. The Morgan fingerprint density at radius 1 is 1.53 bits per heavy atom. The van der Waals surface area contributed by atoms with E-state index in [-0.39, 0.29) is 24.0 Å². The number of aliphatic hydroxyl groups is 2. The molecule has 1 rings (SSSR count). The van der Waals surface area contributed by atoms with Gasteiger partial charge in [0.1, 0.15) is 6.20 Å². The second-order valence-corrected chi connectivity index (χ2v) is 3.83. The molecule has 0 saturated carbocycles. The molecule has 0 aromatic carbocycles. The fourth-order valence-electron chi connectivity index (χ4n) is 1.24. The van der Waals surface area contributed by atoms with E-state index in [2.05, 4.69) is 20.6 Å². The van der Waals surface area contributed by atoms with Gasteiger partial charge in [0.25, 0.3) is 0 Å². The molecule has 106 valence electrons. The van der Waals surface area contributed by atoms with Crippen molar-refractivity contribution in [1.82, 2.24) is 9.97 Å². The first-order chi connectivity index (χ1) is 9.08. The minimum Gasteiger partial charge on any atom is -0.394 e. The Morgan fingerprint density at radius 2 is 2.26 bits per heavy atom. The Morgan fingerprint density at radius 3 is 2.84 bits per heavy atom. The highest BCUT2D eigenvalue weighted by atomic mass is 16.6. The van der Waals surface area contributed by atoms with Gasteiger partial charge in [0.15, 0.2) is 0 Å². The summed E-state index contributed by atoms with van der Waals surface area (Å²) >= 11 is 0. The van der Waals surface area contributed by atoms with E-state index in [1.54, 1.807) is 0 Å². The first-order valence-electron chi connectivity index (χ1n) is 5.86. The number of hydrogen-bond acceptors (Lipinski definition) is 8. The lowest BCUT2D eigenvalue weighted by molar-refractivity contribution is -0.384. The number of hydrogen-bond donors (Lipinski definition) is 4. The molecule has 0 fully saturated rings. The fraction of sp³-hybridized carbons (Fsp3) is 0.600.